The van der Waals surface area contributed by atoms with E-state index in [1.54, 1.807) is 0 Å². The summed E-state index contributed by atoms with van der Waals surface area (Å²) in [7, 11) is 0. The first-order chi connectivity index (χ1) is 14.5. The monoisotopic (exact) mass is 422 g/mol. The van der Waals surface area contributed by atoms with Gasteiger partial charge in [-0.15, -0.1) is 11.3 Å². The van der Waals surface area contributed by atoms with E-state index >= 15 is 0 Å². The number of carbonyl (C=O) groups excluding carboxylic acids is 1. The summed E-state index contributed by atoms with van der Waals surface area (Å²) in [5.41, 5.74) is 3.33. The number of ether oxygens (including phenoxy) is 1. The van der Waals surface area contributed by atoms with Crippen LogP contribution in [0.1, 0.15) is 47.9 Å². The highest BCUT2D eigenvalue weighted by atomic mass is 32.1. The minimum Gasteiger partial charge on any atom is -0.480 e. The van der Waals surface area contributed by atoms with Crippen LogP contribution >= 0.6 is 11.3 Å². The van der Waals surface area contributed by atoms with Gasteiger partial charge in [0.2, 0.25) is 0 Å². The summed E-state index contributed by atoms with van der Waals surface area (Å²) in [4.78, 5) is 24.0. The molecule has 0 bridgehead atoms. The van der Waals surface area contributed by atoms with Crippen LogP contribution in [0.15, 0.2) is 36.0 Å². The van der Waals surface area contributed by atoms with Gasteiger partial charge in [0.05, 0.1) is 22.7 Å². The number of fused-ring (bicyclic) bond motifs is 4. The molecule has 6 nitrogen and oxygen atoms in total. The fraction of sp³-hybridized carbons (Fsp3) is 0.435. The number of thiazole rings is 1. The fourth-order valence-electron chi connectivity index (χ4n) is 4.63. The molecule has 0 saturated carbocycles. The van der Waals surface area contributed by atoms with Gasteiger partial charge in [0.1, 0.15) is 11.4 Å². The number of aromatic nitrogens is 3. The van der Waals surface area contributed by atoms with Crippen molar-refractivity contribution in [2.45, 2.75) is 45.8 Å². The first kappa shape index (κ1) is 19.3. The van der Waals surface area contributed by atoms with E-state index in [1.807, 2.05) is 41.7 Å². The van der Waals surface area contributed by atoms with Gasteiger partial charge in [-0.05, 0) is 25.0 Å². The van der Waals surface area contributed by atoms with Crippen molar-refractivity contribution >= 4 is 17.2 Å². The van der Waals surface area contributed by atoms with Crippen LogP contribution in [-0.2, 0) is 12.1 Å². The minimum atomic E-state index is -0.455. The number of amides is 1. The Morgan fingerprint density at radius 3 is 2.73 bits per heavy atom. The highest BCUT2D eigenvalue weighted by Gasteiger charge is 2.47. The number of piperidine rings is 1. The Kier molecular flexibility index (Phi) is 4.65. The van der Waals surface area contributed by atoms with Crippen LogP contribution in [0.3, 0.4) is 0 Å². The normalized spacial score (nSPS) is 17.0. The maximum Gasteiger partial charge on any atom is 0.273 e. The highest BCUT2D eigenvalue weighted by Crippen LogP contribution is 2.49. The highest BCUT2D eigenvalue weighted by molar-refractivity contribution is 7.09. The largest absolute Gasteiger partial charge is 0.480 e. The van der Waals surface area contributed by atoms with E-state index in [2.05, 4.69) is 29.5 Å². The van der Waals surface area contributed by atoms with E-state index in [4.69, 9.17) is 9.72 Å². The molecule has 1 saturated heterocycles. The topological polar surface area (TPSA) is 60.3 Å². The van der Waals surface area contributed by atoms with E-state index in [0.717, 1.165) is 47.1 Å². The fourth-order valence-corrected chi connectivity index (χ4v) is 5.22. The molecule has 30 heavy (non-hydrogen) atoms. The van der Waals surface area contributed by atoms with Crippen LogP contribution in [-0.4, -0.2) is 38.4 Å². The molecular formula is C23H26N4O2S. The molecular weight excluding hydrogens is 396 g/mol. The molecule has 0 unspecified atom stereocenters. The van der Waals surface area contributed by atoms with E-state index in [1.165, 1.54) is 11.3 Å². The van der Waals surface area contributed by atoms with Gasteiger partial charge in [-0.2, -0.15) is 0 Å². The van der Waals surface area contributed by atoms with Gasteiger partial charge in [0.25, 0.3) is 5.91 Å². The summed E-state index contributed by atoms with van der Waals surface area (Å²) in [5.74, 6) is 1.41. The summed E-state index contributed by atoms with van der Waals surface area (Å²) >= 11 is 1.52. The number of hydrogen-bond acceptors (Lipinski definition) is 5. The first-order valence-corrected chi connectivity index (χ1v) is 11.4. The molecule has 2 aromatic heterocycles. The molecule has 3 aromatic rings. The third-order valence-corrected chi connectivity index (χ3v) is 6.75. The van der Waals surface area contributed by atoms with Crippen molar-refractivity contribution in [3.05, 3.63) is 52.4 Å². The number of hydrogen-bond donors (Lipinski definition) is 0. The molecule has 2 aliphatic heterocycles. The zero-order valence-corrected chi connectivity index (χ0v) is 18.4. The lowest BCUT2D eigenvalue weighted by Gasteiger charge is -2.44. The molecule has 0 aliphatic carbocycles. The van der Waals surface area contributed by atoms with E-state index in [9.17, 15) is 4.79 Å². The molecule has 1 spiro atoms. The van der Waals surface area contributed by atoms with Crippen molar-refractivity contribution in [2.24, 2.45) is 5.92 Å². The van der Waals surface area contributed by atoms with Crippen LogP contribution in [0.5, 0.6) is 5.75 Å². The van der Waals surface area contributed by atoms with Crippen molar-refractivity contribution in [2.75, 3.05) is 13.1 Å². The van der Waals surface area contributed by atoms with Gasteiger partial charge in [0, 0.05) is 43.4 Å². The van der Waals surface area contributed by atoms with Crippen molar-refractivity contribution < 1.29 is 9.53 Å². The third kappa shape index (κ3) is 3.12. The predicted octanol–water partition coefficient (Wildman–Crippen LogP) is 4.49. The van der Waals surface area contributed by atoms with Gasteiger partial charge in [0.15, 0.2) is 5.60 Å². The number of likely N-dealkylation sites (tertiary alicyclic amines) is 1. The number of carbonyl (C=O) groups is 1. The molecule has 1 aromatic carbocycles. The zero-order valence-electron chi connectivity index (χ0n) is 17.6. The molecule has 5 rings (SSSR count). The van der Waals surface area contributed by atoms with Gasteiger partial charge in [-0.25, -0.2) is 9.97 Å². The van der Waals surface area contributed by atoms with Crippen molar-refractivity contribution in [1.29, 1.82) is 0 Å². The smallest absolute Gasteiger partial charge is 0.273 e. The lowest BCUT2D eigenvalue weighted by atomic mass is 9.83. The Labute approximate surface area is 180 Å². The van der Waals surface area contributed by atoms with Gasteiger partial charge >= 0.3 is 0 Å². The molecule has 4 heterocycles. The quantitative estimate of drug-likeness (QED) is 0.624. The van der Waals surface area contributed by atoms with E-state index in [-0.39, 0.29) is 5.91 Å². The summed E-state index contributed by atoms with van der Waals surface area (Å²) in [6, 6.07) is 8.14. The Hall–Kier alpha value is -2.67. The number of para-hydroxylation sites is 1. The number of rotatable bonds is 3. The predicted molar refractivity (Wildman–Crippen MR) is 117 cm³/mol. The Balaban J connectivity index is 1.48. The summed E-state index contributed by atoms with van der Waals surface area (Å²) in [6.07, 6.45) is 3.44. The lowest BCUT2D eigenvalue weighted by Crippen LogP contribution is -2.50. The van der Waals surface area contributed by atoms with Crippen LogP contribution < -0.4 is 4.74 Å². The molecule has 2 aliphatic rings. The molecule has 156 valence electrons. The van der Waals surface area contributed by atoms with Crippen molar-refractivity contribution in [3.8, 4) is 17.0 Å². The summed E-state index contributed by atoms with van der Waals surface area (Å²) < 4.78 is 8.95. The molecule has 1 fully saturated rings. The summed E-state index contributed by atoms with van der Waals surface area (Å²) in [5, 5.41) is 2.77. The van der Waals surface area contributed by atoms with Crippen LogP contribution in [0.2, 0.25) is 0 Å². The second kappa shape index (κ2) is 7.23. The Bertz CT molecular complexity index is 1090. The standard InChI is InChI=1S/C23H26N4O2S/c1-15(2)12-27-14-24-20-17-6-4-5-7-19(17)29-23(21(20)27)8-10-26(11-9-23)22(28)18-13-30-16(3)25-18/h4-7,13-15H,8-12H2,1-3H3. The molecule has 0 radical (unpaired) electrons. The second-order valence-electron chi connectivity index (χ2n) is 8.62. The second-order valence-corrected chi connectivity index (χ2v) is 9.69. The Morgan fingerprint density at radius 2 is 2.03 bits per heavy atom. The SMILES string of the molecule is Cc1nc(C(=O)N2CCC3(CC2)Oc2ccccc2-c2ncn(CC(C)C)c23)cs1. The van der Waals surface area contributed by atoms with E-state index < -0.39 is 5.60 Å². The number of imidazole rings is 1. The van der Waals surface area contributed by atoms with Crippen LogP contribution in [0.4, 0.5) is 0 Å². The first-order valence-electron chi connectivity index (χ1n) is 10.5. The van der Waals surface area contributed by atoms with Gasteiger partial charge in [-0.3, -0.25) is 4.79 Å². The maximum absolute atomic E-state index is 12.9. The number of benzene rings is 1. The van der Waals surface area contributed by atoms with Crippen molar-refractivity contribution in [3.63, 3.8) is 0 Å². The maximum atomic E-state index is 12.9. The minimum absolute atomic E-state index is 0.0151. The molecule has 0 atom stereocenters. The van der Waals surface area contributed by atoms with Crippen LogP contribution in [0, 0.1) is 12.8 Å². The third-order valence-electron chi connectivity index (χ3n) is 5.98. The average molecular weight is 423 g/mol. The molecule has 7 heteroatoms. The lowest BCUT2D eigenvalue weighted by molar-refractivity contribution is -0.00773. The average Bonchev–Trinajstić information content (AvgIpc) is 3.35. The van der Waals surface area contributed by atoms with Crippen molar-refractivity contribution in [1.82, 2.24) is 19.4 Å². The summed E-state index contributed by atoms with van der Waals surface area (Å²) in [6.45, 7) is 8.54. The zero-order chi connectivity index (χ0) is 20.9. The molecule has 0 N–H and O–H groups in total. The van der Waals surface area contributed by atoms with E-state index in [0.29, 0.717) is 24.7 Å². The number of nitrogens with zero attached hydrogens (tertiary/aromatic N) is 4. The molecule has 1 amide bonds. The Morgan fingerprint density at radius 1 is 1.27 bits per heavy atom. The number of aryl methyl sites for hydroxylation is 1. The van der Waals surface area contributed by atoms with Gasteiger partial charge < -0.3 is 14.2 Å². The van der Waals surface area contributed by atoms with Crippen LogP contribution in [0.25, 0.3) is 11.3 Å². The van der Waals surface area contributed by atoms with Gasteiger partial charge in [-0.1, -0.05) is 26.0 Å².